The van der Waals surface area contributed by atoms with E-state index in [1.165, 1.54) is 0 Å². The zero-order valence-electron chi connectivity index (χ0n) is 13.6. The first-order valence-corrected chi connectivity index (χ1v) is 8.58. The predicted octanol–water partition coefficient (Wildman–Crippen LogP) is 3.65. The zero-order chi connectivity index (χ0) is 17.3. The molecule has 0 saturated heterocycles. The van der Waals surface area contributed by atoms with Crippen LogP contribution in [-0.2, 0) is 17.8 Å². The molecule has 6 heteroatoms. The summed E-state index contributed by atoms with van der Waals surface area (Å²) in [7, 11) is 3.26. The summed E-state index contributed by atoms with van der Waals surface area (Å²) in [4.78, 5) is 14.6. The number of ether oxygens (including phenoxy) is 2. The Labute approximate surface area is 151 Å². The van der Waals surface area contributed by atoms with Gasteiger partial charge in [0.25, 0.3) is 0 Å². The van der Waals surface area contributed by atoms with E-state index >= 15 is 0 Å². The third-order valence-electron chi connectivity index (χ3n) is 4.36. The highest BCUT2D eigenvalue weighted by atomic mass is 35.5. The van der Waals surface area contributed by atoms with E-state index in [1.54, 1.807) is 26.4 Å². The number of allylic oxidation sites excluding steroid dienone is 3. The summed E-state index contributed by atoms with van der Waals surface area (Å²) >= 11 is 12.2. The van der Waals surface area contributed by atoms with Crippen molar-refractivity contribution in [2.75, 3.05) is 20.8 Å². The Morgan fingerprint density at radius 3 is 2.75 bits per heavy atom. The predicted molar refractivity (Wildman–Crippen MR) is 94.9 cm³/mol. The van der Waals surface area contributed by atoms with E-state index in [0.717, 1.165) is 29.0 Å². The number of alkyl halides is 1. The van der Waals surface area contributed by atoms with E-state index in [-0.39, 0.29) is 11.3 Å². The van der Waals surface area contributed by atoms with Crippen LogP contribution in [0.5, 0.6) is 11.5 Å². The number of fused-ring (bicyclic) bond motifs is 1. The first-order chi connectivity index (χ1) is 11.5. The summed E-state index contributed by atoms with van der Waals surface area (Å²) in [5.41, 5.74) is 2.83. The lowest BCUT2D eigenvalue weighted by Gasteiger charge is -2.31. The Kier molecular flexibility index (Phi) is 5.07. The van der Waals surface area contributed by atoms with Crippen molar-refractivity contribution in [1.29, 1.82) is 0 Å². The van der Waals surface area contributed by atoms with Crippen LogP contribution in [-0.4, -0.2) is 36.9 Å². The lowest BCUT2D eigenvalue weighted by atomic mass is 9.96. The zero-order valence-corrected chi connectivity index (χ0v) is 15.2. The number of carbonyl (C=O) groups excluding carboxylic acids is 1. The highest BCUT2D eigenvalue weighted by Gasteiger charge is 2.28. The molecule has 0 fully saturated rings. The van der Waals surface area contributed by atoms with Crippen molar-refractivity contribution in [2.45, 2.75) is 24.8 Å². The molecular weight excluding hydrogens is 349 g/mol. The minimum Gasteiger partial charge on any atom is -0.497 e. The summed E-state index contributed by atoms with van der Waals surface area (Å²) in [5.74, 6) is 1.49. The molecule has 0 radical (unpaired) electrons. The van der Waals surface area contributed by atoms with E-state index in [2.05, 4.69) is 0 Å². The number of hydrogen-bond donors (Lipinski definition) is 0. The van der Waals surface area contributed by atoms with E-state index in [0.29, 0.717) is 30.1 Å². The minimum absolute atomic E-state index is 0.0181. The Morgan fingerprint density at radius 1 is 1.29 bits per heavy atom. The van der Waals surface area contributed by atoms with Crippen molar-refractivity contribution in [1.82, 2.24) is 4.90 Å². The molecule has 0 aromatic heterocycles. The van der Waals surface area contributed by atoms with Gasteiger partial charge in [0, 0.05) is 35.3 Å². The van der Waals surface area contributed by atoms with Gasteiger partial charge in [-0.05, 0) is 36.6 Å². The third kappa shape index (κ3) is 3.40. The van der Waals surface area contributed by atoms with Crippen LogP contribution in [0.15, 0.2) is 34.9 Å². The molecule has 1 aromatic rings. The summed E-state index contributed by atoms with van der Waals surface area (Å²) in [6.07, 6.45) is 4.72. The Hall–Kier alpha value is -1.65. The summed E-state index contributed by atoms with van der Waals surface area (Å²) in [5, 5.41) is 0.279. The number of hydrogen-bond acceptors (Lipinski definition) is 3. The molecule has 1 aliphatic carbocycles. The second kappa shape index (κ2) is 7.08. The molecule has 4 nitrogen and oxygen atoms in total. The maximum atomic E-state index is 12.8. The molecule has 1 aromatic carbocycles. The minimum atomic E-state index is -0.239. The number of halogens is 2. The third-order valence-corrected chi connectivity index (χ3v) is 4.87. The second-order valence-corrected chi connectivity index (χ2v) is 6.88. The fraction of sp³-hybridized carbons (Fsp3) is 0.389. The van der Waals surface area contributed by atoms with Gasteiger partial charge in [-0.25, -0.2) is 0 Å². The average Bonchev–Trinajstić information content (AvgIpc) is 2.58. The van der Waals surface area contributed by atoms with Crippen LogP contribution in [0.1, 0.15) is 17.5 Å². The van der Waals surface area contributed by atoms with Crippen LogP contribution >= 0.6 is 23.2 Å². The Balaban J connectivity index is 1.85. The summed E-state index contributed by atoms with van der Waals surface area (Å²) in [6, 6.07) is 3.86. The van der Waals surface area contributed by atoms with Crippen molar-refractivity contribution < 1.29 is 14.3 Å². The fourth-order valence-corrected chi connectivity index (χ4v) is 3.79. The number of benzene rings is 1. The van der Waals surface area contributed by atoms with Crippen molar-refractivity contribution in [3.8, 4) is 11.5 Å². The second-order valence-electron chi connectivity index (χ2n) is 5.89. The van der Waals surface area contributed by atoms with Crippen molar-refractivity contribution in [3.63, 3.8) is 0 Å². The molecule has 1 heterocycles. The van der Waals surface area contributed by atoms with E-state index in [4.69, 9.17) is 32.7 Å². The van der Waals surface area contributed by atoms with E-state index < -0.39 is 0 Å². The monoisotopic (exact) mass is 367 g/mol. The van der Waals surface area contributed by atoms with Crippen LogP contribution < -0.4 is 9.47 Å². The van der Waals surface area contributed by atoms with Gasteiger partial charge in [-0.15, -0.1) is 11.6 Å². The van der Waals surface area contributed by atoms with Gasteiger partial charge < -0.3 is 14.4 Å². The molecule has 128 valence electrons. The summed E-state index contributed by atoms with van der Waals surface area (Å²) < 4.78 is 10.8. The van der Waals surface area contributed by atoms with E-state index in [9.17, 15) is 4.79 Å². The molecule has 0 N–H and O–H groups in total. The number of amides is 1. The Bertz CT molecular complexity index is 710. The lowest BCUT2D eigenvalue weighted by Crippen LogP contribution is -2.37. The molecule has 1 unspecified atom stereocenters. The molecule has 2 aliphatic rings. The standard InChI is InChI=1S/C18H19Cl2NO3/c1-23-15-7-11-3-4-21(10-16(11)17(9-15)24-2)18(22)12-5-13(19)8-14(20)6-12/h5,7-9,14H,3-4,6,10H2,1-2H3. The molecule has 1 atom stereocenters. The molecule has 3 rings (SSSR count). The van der Waals surface area contributed by atoms with Gasteiger partial charge in [0.05, 0.1) is 19.6 Å². The molecule has 1 aliphatic heterocycles. The van der Waals surface area contributed by atoms with Crippen molar-refractivity contribution >= 4 is 29.1 Å². The smallest absolute Gasteiger partial charge is 0.250 e. The molecular formula is C18H19Cl2NO3. The van der Waals surface area contributed by atoms with Gasteiger partial charge in [-0.1, -0.05) is 11.6 Å². The normalized spacial score (nSPS) is 20.0. The van der Waals surface area contributed by atoms with Crippen LogP contribution in [0.4, 0.5) is 0 Å². The Morgan fingerprint density at radius 2 is 2.08 bits per heavy atom. The molecule has 0 spiro atoms. The largest absolute Gasteiger partial charge is 0.497 e. The molecule has 24 heavy (non-hydrogen) atoms. The SMILES string of the molecule is COc1cc2c(c(OC)c1)CN(C(=O)C1=CC(Cl)=CC(Cl)C1)CC2. The maximum absolute atomic E-state index is 12.8. The highest BCUT2D eigenvalue weighted by Crippen LogP contribution is 2.34. The van der Waals surface area contributed by atoms with Crippen LogP contribution in [0, 0.1) is 0 Å². The molecule has 0 saturated carbocycles. The first-order valence-electron chi connectivity index (χ1n) is 7.77. The van der Waals surface area contributed by atoms with Crippen LogP contribution in [0.3, 0.4) is 0 Å². The molecule has 0 bridgehead atoms. The number of rotatable bonds is 3. The van der Waals surface area contributed by atoms with Crippen molar-refractivity contribution in [2.24, 2.45) is 0 Å². The van der Waals surface area contributed by atoms with Gasteiger partial charge >= 0.3 is 0 Å². The summed E-state index contributed by atoms with van der Waals surface area (Å²) in [6.45, 7) is 1.15. The average molecular weight is 368 g/mol. The van der Waals surface area contributed by atoms with Crippen molar-refractivity contribution in [3.05, 3.63) is 46.0 Å². The number of methoxy groups -OCH3 is 2. The topological polar surface area (TPSA) is 38.8 Å². The van der Waals surface area contributed by atoms with Gasteiger partial charge in [-0.2, -0.15) is 0 Å². The van der Waals surface area contributed by atoms with Gasteiger partial charge in [0.1, 0.15) is 11.5 Å². The maximum Gasteiger partial charge on any atom is 0.250 e. The van der Waals surface area contributed by atoms with Gasteiger partial charge in [0.2, 0.25) is 5.91 Å². The number of carbonyl (C=O) groups is 1. The van der Waals surface area contributed by atoms with E-state index in [1.807, 2.05) is 17.0 Å². The van der Waals surface area contributed by atoms with Crippen LogP contribution in [0.2, 0.25) is 0 Å². The quantitative estimate of drug-likeness (QED) is 0.765. The van der Waals surface area contributed by atoms with Crippen LogP contribution in [0.25, 0.3) is 0 Å². The lowest BCUT2D eigenvalue weighted by molar-refractivity contribution is -0.128. The molecule has 1 amide bonds. The van der Waals surface area contributed by atoms with Gasteiger partial charge in [-0.3, -0.25) is 4.79 Å². The number of nitrogens with zero attached hydrogens (tertiary/aromatic N) is 1. The van der Waals surface area contributed by atoms with Gasteiger partial charge in [0.15, 0.2) is 0 Å². The highest BCUT2D eigenvalue weighted by molar-refractivity contribution is 6.33. The fourth-order valence-electron chi connectivity index (χ4n) is 3.14. The first kappa shape index (κ1) is 17.2.